The van der Waals surface area contributed by atoms with Crippen LogP contribution in [0.15, 0.2) is 53.3 Å². The highest BCUT2D eigenvalue weighted by Gasteiger charge is 2.16. The van der Waals surface area contributed by atoms with E-state index in [0.717, 1.165) is 43.2 Å². The van der Waals surface area contributed by atoms with Gasteiger partial charge < -0.3 is 19.5 Å². The minimum absolute atomic E-state index is 0.0898. The maximum Gasteiger partial charge on any atom is 0.241 e. The molecule has 1 aliphatic rings. The number of nitrogens with one attached hydrogen (secondary N) is 1. The Bertz CT molecular complexity index is 970. The molecule has 1 saturated heterocycles. The third-order valence-electron chi connectivity index (χ3n) is 5.09. The van der Waals surface area contributed by atoms with Gasteiger partial charge in [-0.25, -0.2) is 0 Å². The SMILES string of the molecule is CCN(CC(=O)Nc1ccc(N2CCOCC2)cc1)Cc1nc(-c2cccnc2)no1. The number of hydrogen-bond donors (Lipinski definition) is 1. The largest absolute Gasteiger partial charge is 0.378 e. The number of rotatable bonds is 8. The molecule has 0 saturated carbocycles. The van der Waals surface area contributed by atoms with Crippen LogP contribution in [0.1, 0.15) is 12.8 Å². The first-order chi connectivity index (χ1) is 15.2. The van der Waals surface area contributed by atoms with Crippen molar-refractivity contribution >= 4 is 17.3 Å². The van der Waals surface area contributed by atoms with Crippen LogP contribution in [-0.4, -0.2) is 65.3 Å². The van der Waals surface area contributed by atoms with E-state index in [9.17, 15) is 4.79 Å². The number of likely N-dealkylation sites (N-methyl/N-ethyl adjacent to an activating group) is 1. The molecule has 3 aromatic rings. The van der Waals surface area contributed by atoms with Gasteiger partial charge in [-0.3, -0.25) is 14.7 Å². The van der Waals surface area contributed by atoms with Crippen molar-refractivity contribution in [2.45, 2.75) is 13.5 Å². The van der Waals surface area contributed by atoms with Crippen LogP contribution < -0.4 is 10.2 Å². The fourth-order valence-corrected chi connectivity index (χ4v) is 3.38. The number of amides is 1. The highest BCUT2D eigenvalue weighted by atomic mass is 16.5. The smallest absolute Gasteiger partial charge is 0.241 e. The van der Waals surface area contributed by atoms with Crippen LogP contribution in [0.2, 0.25) is 0 Å². The molecule has 0 spiro atoms. The Kier molecular flexibility index (Phi) is 6.85. The molecule has 0 aliphatic carbocycles. The van der Waals surface area contributed by atoms with E-state index in [-0.39, 0.29) is 12.5 Å². The van der Waals surface area contributed by atoms with Crippen LogP contribution in [0, 0.1) is 0 Å². The number of carbonyl (C=O) groups is 1. The lowest BCUT2D eigenvalue weighted by Gasteiger charge is -2.28. The molecule has 0 unspecified atom stereocenters. The van der Waals surface area contributed by atoms with Crippen molar-refractivity contribution < 1.29 is 14.1 Å². The Balaban J connectivity index is 1.30. The molecule has 1 fully saturated rings. The molecular formula is C22H26N6O3. The van der Waals surface area contributed by atoms with Crippen molar-refractivity contribution in [3.8, 4) is 11.4 Å². The molecule has 1 aliphatic heterocycles. The number of hydrogen-bond acceptors (Lipinski definition) is 8. The molecule has 1 aromatic carbocycles. The minimum Gasteiger partial charge on any atom is -0.378 e. The second-order valence-corrected chi connectivity index (χ2v) is 7.25. The highest BCUT2D eigenvalue weighted by molar-refractivity contribution is 5.92. The van der Waals surface area contributed by atoms with E-state index < -0.39 is 0 Å². The summed E-state index contributed by atoms with van der Waals surface area (Å²) in [4.78, 5) is 25.2. The Morgan fingerprint density at radius 1 is 1.19 bits per heavy atom. The van der Waals surface area contributed by atoms with Gasteiger partial charge in [0, 0.05) is 42.4 Å². The standard InChI is InChI=1S/C22H26N6O3/c1-2-27(16-21-25-22(26-31-21)17-4-3-9-23-14-17)15-20(29)24-18-5-7-19(8-6-18)28-10-12-30-13-11-28/h3-9,14H,2,10-13,15-16H2,1H3,(H,24,29). The predicted octanol–water partition coefficient (Wildman–Crippen LogP) is 2.43. The number of ether oxygens (including phenoxy) is 1. The zero-order chi connectivity index (χ0) is 21.5. The summed E-state index contributed by atoms with van der Waals surface area (Å²) in [6.45, 7) is 6.55. The van der Waals surface area contributed by atoms with Crippen molar-refractivity contribution in [2.24, 2.45) is 0 Å². The maximum absolute atomic E-state index is 12.5. The van der Waals surface area contributed by atoms with Gasteiger partial charge in [0.1, 0.15) is 0 Å². The fourth-order valence-electron chi connectivity index (χ4n) is 3.38. The molecule has 2 aromatic heterocycles. The maximum atomic E-state index is 12.5. The van der Waals surface area contributed by atoms with Gasteiger partial charge in [-0.2, -0.15) is 4.98 Å². The zero-order valence-corrected chi connectivity index (χ0v) is 17.5. The number of nitrogens with zero attached hydrogens (tertiary/aromatic N) is 5. The van der Waals surface area contributed by atoms with E-state index in [0.29, 0.717) is 24.8 Å². The fraction of sp³-hybridized carbons (Fsp3) is 0.364. The summed E-state index contributed by atoms with van der Waals surface area (Å²) < 4.78 is 10.7. The molecule has 1 amide bonds. The molecule has 0 bridgehead atoms. The Morgan fingerprint density at radius 2 is 2.00 bits per heavy atom. The Labute approximate surface area is 181 Å². The summed E-state index contributed by atoms with van der Waals surface area (Å²) in [6.07, 6.45) is 3.38. The average molecular weight is 422 g/mol. The van der Waals surface area contributed by atoms with E-state index in [1.807, 2.05) is 48.2 Å². The van der Waals surface area contributed by atoms with Crippen LogP contribution in [0.5, 0.6) is 0 Å². The van der Waals surface area contributed by atoms with E-state index in [4.69, 9.17) is 9.26 Å². The molecule has 3 heterocycles. The molecule has 9 nitrogen and oxygen atoms in total. The molecule has 31 heavy (non-hydrogen) atoms. The van der Waals surface area contributed by atoms with Gasteiger partial charge >= 0.3 is 0 Å². The number of anilines is 2. The Hall–Kier alpha value is -3.30. The van der Waals surface area contributed by atoms with Gasteiger partial charge in [0.05, 0.1) is 26.3 Å². The first-order valence-corrected chi connectivity index (χ1v) is 10.4. The number of pyridine rings is 1. The number of morpholine rings is 1. The quantitative estimate of drug-likeness (QED) is 0.591. The zero-order valence-electron chi connectivity index (χ0n) is 17.5. The Morgan fingerprint density at radius 3 is 2.71 bits per heavy atom. The van der Waals surface area contributed by atoms with Gasteiger partial charge in [-0.05, 0) is 42.9 Å². The van der Waals surface area contributed by atoms with Crippen LogP contribution in [0.4, 0.5) is 11.4 Å². The van der Waals surface area contributed by atoms with Gasteiger partial charge in [0.2, 0.25) is 17.6 Å². The lowest BCUT2D eigenvalue weighted by Crippen LogP contribution is -2.36. The van der Waals surface area contributed by atoms with E-state index in [1.165, 1.54) is 0 Å². The lowest BCUT2D eigenvalue weighted by molar-refractivity contribution is -0.117. The molecule has 9 heteroatoms. The van der Waals surface area contributed by atoms with Gasteiger partial charge in [-0.15, -0.1) is 0 Å². The van der Waals surface area contributed by atoms with E-state index >= 15 is 0 Å². The third kappa shape index (κ3) is 5.65. The molecule has 4 rings (SSSR count). The topological polar surface area (TPSA) is 96.6 Å². The second kappa shape index (κ2) is 10.1. The predicted molar refractivity (Wildman–Crippen MR) is 117 cm³/mol. The van der Waals surface area contributed by atoms with Crippen molar-refractivity contribution in [1.82, 2.24) is 20.0 Å². The summed E-state index contributed by atoms with van der Waals surface area (Å²) in [5.74, 6) is 0.861. The normalized spacial score (nSPS) is 14.1. The summed E-state index contributed by atoms with van der Waals surface area (Å²) in [5.41, 5.74) is 2.70. The second-order valence-electron chi connectivity index (χ2n) is 7.25. The van der Waals surface area contributed by atoms with Crippen molar-refractivity contribution in [2.75, 3.05) is 49.6 Å². The summed E-state index contributed by atoms with van der Waals surface area (Å²) in [6, 6.07) is 11.6. The van der Waals surface area contributed by atoms with Crippen molar-refractivity contribution in [3.05, 3.63) is 54.7 Å². The van der Waals surface area contributed by atoms with Gasteiger partial charge in [-0.1, -0.05) is 12.1 Å². The highest BCUT2D eigenvalue weighted by Crippen LogP contribution is 2.19. The van der Waals surface area contributed by atoms with Crippen molar-refractivity contribution in [1.29, 1.82) is 0 Å². The summed E-state index contributed by atoms with van der Waals surface area (Å²) >= 11 is 0. The lowest BCUT2D eigenvalue weighted by atomic mass is 10.2. The minimum atomic E-state index is -0.0898. The first-order valence-electron chi connectivity index (χ1n) is 10.4. The van der Waals surface area contributed by atoms with Crippen LogP contribution in [-0.2, 0) is 16.1 Å². The van der Waals surface area contributed by atoms with E-state index in [1.54, 1.807) is 12.4 Å². The van der Waals surface area contributed by atoms with Gasteiger partial charge in [0.25, 0.3) is 0 Å². The van der Waals surface area contributed by atoms with Crippen molar-refractivity contribution in [3.63, 3.8) is 0 Å². The molecule has 0 radical (unpaired) electrons. The monoisotopic (exact) mass is 422 g/mol. The van der Waals surface area contributed by atoms with Crippen LogP contribution >= 0.6 is 0 Å². The molecule has 1 N–H and O–H groups in total. The number of aromatic nitrogens is 3. The van der Waals surface area contributed by atoms with Crippen LogP contribution in [0.3, 0.4) is 0 Å². The summed E-state index contributed by atoms with van der Waals surface area (Å²) in [5, 5.41) is 6.96. The molecular weight excluding hydrogens is 396 g/mol. The number of carbonyl (C=O) groups excluding carboxylic acids is 1. The van der Waals surface area contributed by atoms with Crippen LogP contribution in [0.25, 0.3) is 11.4 Å². The first kappa shape index (κ1) is 21.0. The van der Waals surface area contributed by atoms with Gasteiger partial charge in [0.15, 0.2) is 0 Å². The molecule has 162 valence electrons. The number of benzene rings is 1. The third-order valence-corrected chi connectivity index (χ3v) is 5.09. The summed E-state index contributed by atoms with van der Waals surface area (Å²) in [7, 11) is 0. The average Bonchev–Trinajstić information content (AvgIpc) is 3.29. The van der Waals surface area contributed by atoms with E-state index in [2.05, 4.69) is 25.3 Å². The molecule has 0 atom stereocenters.